The van der Waals surface area contributed by atoms with E-state index in [1.54, 1.807) is 19.1 Å². The molecule has 2 N–H and O–H groups in total. The highest BCUT2D eigenvalue weighted by molar-refractivity contribution is 5.94. The SMILES string of the molecule is CCO[C@]1(C(F)(F)F)CC[C@H](NC(=O)C2CCN(C(=O)c3cc(-c4cc(C)ncn4)[nH]n3)C3(CC3)C2)CC1. The van der Waals surface area contributed by atoms with Crippen LogP contribution < -0.4 is 5.32 Å². The average Bonchev–Trinajstić information content (AvgIpc) is 3.45. The van der Waals surface area contributed by atoms with Gasteiger partial charge in [-0.15, -0.1) is 0 Å². The van der Waals surface area contributed by atoms with Crippen molar-refractivity contribution in [2.24, 2.45) is 5.92 Å². The molecule has 3 aliphatic rings. The fourth-order valence-corrected chi connectivity index (χ4v) is 5.99. The Bertz CT molecular complexity index is 1190. The van der Waals surface area contributed by atoms with Gasteiger partial charge in [-0.05, 0) is 77.3 Å². The maximum Gasteiger partial charge on any atom is 0.417 e. The smallest absolute Gasteiger partial charge is 0.366 e. The molecule has 1 spiro atoms. The van der Waals surface area contributed by atoms with E-state index < -0.39 is 11.8 Å². The summed E-state index contributed by atoms with van der Waals surface area (Å²) >= 11 is 0. The number of aromatic amines is 1. The number of nitrogens with zero attached hydrogens (tertiary/aromatic N) is 4. The number of amides is 2. The van der Waals surface area contributed by atoms with Gasteiger partial charge in [0.25, 0.3) is 5.91 Å². The number of hydrogen-bond acceptors (Lipinski definition) is 6. The highest BCUT2D eigenvalue weighted by Gasteiger charge is 2.57. The molecule has 0 radical (unpaired) electrons. The molecule has 0 aromatic carbocycles. The van der Waals surface area contributed by atoms with Crippen LogP contribution in [0.1, 0.15) is 74.5 Å². The topological polar surface area (TPSA) is 113 Å². The van der Waals surface area contributed by atoms with Crippen molar-refractivity contribution in [3.05, 3.63) is 29.8 Å². The van der Waals surface area contributed by atoms with Gasteiger partial charge in [0.1, 0.15) is 6.33 Å². The van der Waals surface area contributed by atoms with Crippen LogP contribution in [-0.4, -0.2) is 73.4 Å². The lowest BCUT2D eigenvalue weighted by atomic mass is 9.80. The second-order valence-corrected chi connectivity index (χ2v) is 10.8. The third kappa shape index (κ3) is 5.02. The summed E-state index contributed by atoms with van der Waals surface area (Å²) in [5.74, 6) is -0.590. The molecule has 2 aliphatic carbocycles. The van der Waals surface area contributed by atoms with E-state index in [9.17, 15) is 22.8 Å². The first kappa shape index (κ1) is 26.6. The number of aryl methyl sites for hydroxylation is 1. The lowest BCUT2D eigenvalue weighted by Crippen LogP contribution is -2.55. The number of alkyl halides is 3. The molecular formula is C26H33F3N6O3. The van der Waals surface area contributed by atoms with Crippen LogP contribution in [0.4, 0.5) is 13.2 Å². The van der Waals surface area contributed by atoms with Crippen molar-refractivity contribution in [3.8, 4) is 11.4 Å². The summed E-state index contributed by atoms with van der Waals surface area (Å²) < 4.78 is 46.0. The molecular weight excluding hydrogens is 501 g/mol. The lowest BCUT2D eigenvalue weighted by Gasteiger charge is -2.42. The molecule has 3 heterocycles. The number of likely N-dealkylation sites (tertiary alicyclic amines) is 1. The van der Waals surface area contributed by atoms with Gasteiger partial charge >= 0.3 is 6.18 Å². The van der Waals surface area contributed by atoms with Crippen molar-refractivity contribution in [3.63, 3.8) is 0 Å². The Morgan fingerprint density at radius 1 is 1.16 bits per heavy atom. The highest BCUT2D eigenvalue weighted by Crippen LogP contribution is 2.51. The van der Waals surface area contributed by atoms with E-state index >= 15 is 0 Å². The first-order valence-corrected chi connectivity index (χ1v) is 13.2. The maximum absolute atomic E-state index is 13.6. The molecule has 1 saturated heterocycles. The van der Waals surface area contributed by atoms with E-state index in [4.69, 9.17) is 4.74 Å². The number of nitrogens with one attached hydrogen (secondary N) is 2. The predicted octanol–water partition coefficient (Wildman–Crippen LogP) is 3.96. The summed E-state index contributed by atoms with van der Waals surface area (Å²) in [4.78, 5) is 36.6. The van der Waals surface area contributed by atoms with Crippen LogP contribution in [0.15, 0.2) is 18.5 Å². The van der Waals surface area contributed by atoms with Gasteiger partial charge in [-0.2, -0.15) is 18.3 Å². The summed E-state index contributed by atoms with van der Waals surface area (Å²) in [5.41, 5.74) is -0.103. The summed E-state index contributed by atoms with van der Waals surface area (Å²) in [6.07, 6.45) is -0.168. The first-order chi connectivity index (χ1) is 18.1. The summed E-state index contributed by atoms with van der Waals surface area (Å²) in [7, 11) is 0. The summed E-state index contributed by atoms with van der Waals surface area (Å²) in [5, 5.41) is 10.1. The molecule has 5 rings (SSSR count). The van der Waals surface area contributed by atoms with E-state index in [2.05, 4.69) is 25.5 Å². The zero-order valence-corrected chi connectivity index (χ0v) is 21.6. The molecule has 1 unspecified atom stereocenters. The van der Waals surface area contributed by atoms with Crippen LogP contribution in [0.3, 0.4) is 0 Å². The van der Waals surface area contributed by atoms with E-state index in [0.717, 1.165) is 18.5 Å². The maximum atomic E-state index is 13.6. The summed E-state index contributed by atoms with van der Waals surface area (Å²) in [6, 6.07) is 3.19. The molecule has 1 atom stereocenters. The highest BCUT2D eigenvalue weighted by atomic mass is 19.4. The van der Waals surface area contributed by atoms with Crippen LogP contribution in [0.25, 0.3) is 11.4 Å². The van der Waals surface area contributed by atoms with Crippen molar-refractivity contribution >= 4 is 11.8 Å². The van der Waals surface area contributed by atoms with Gasteiger partial charge in [0.15, 0.2) is 11.3 Å². The fraction of sp³-hybridized carbons (Fsp3) is 0.654. The van der Waals surface area contributed by atoms with Crippen molar-refractivity contribution in [2.75, 3.05) is 13.2 Å². The minimum absolute atomic E-state index is 0.00417. The number of piperidine rings is 1. The zero-order valence-electron chi connectivity index (χ0n) is 21.6. The van der Waals surface area contributed by atoms with Gasteiger partial charge in [-0.25, -0.2) is 9.97 Å². The van der Waals surface area contributed by atoms with Crippen molar-refractivity contribution in [1.29, 1.82) is 0 Å². The van der Waals surface area contributed by atoms with Gasteiger partial charge < -0.3 is 15.0 Å². The third-order valence-corrected chi connectivity index (χ3v) is 8.30. The average molecular weight is 535 g/mol. The number of carbonyl (C=O) groups excluding carboxylic acids is 2. The fourth-order valence-electron chi connectivity index (χ4n) is 5.99. The Morgan fingerprint density at radius 2 is 1.89 bits per heavy atom. The molecule has 2 saturated carbocycles. The number of aromatic nitrogens is 4. The number of rotatable bonds is 6. The molecule has 3 fully saturated rings. The van der Waals surface area contributed by atoms with E-state index in [1.165, 1.54) is 6.33 Å². The van der Waals surface area contributed by atoms with E-state index in [1.807, 2.05) is 11.8 Å². The Hall–Kier alpha value is -3.02. The van der Waals surface area contributed by atoms with Crippen LogP contribution in [-0.2, 0) is 9.53 Å². The number of carbonyl (C=O) groups is 2. The number of H-pyrrole nitrogens is 1. The quantitative estimate of drug-likeness (QED) is 0.580. The van der Waals surface area contributed by atoms with Gasteiger partial charge in [0.05, 0.1) is 11.4 Å². The molecule has 2 aromatic rings. The normalized spacial score (nSPS) is 26.8. The monoisotopic (exact) mass is 534 g/mol. The molecule has 206 valence electrons. The molecule has 1 aliphatic heterocycles. The molecule has 9 nitrogen and oxygen atoms in total. The van der Waals surface area contributed by atoms with Crippen LogP contribution in [0.2, 0.25) is 0 Å². The number of hydrogen-bond donors (Lipinski definition) is 2. The minimum atomic E-state index is -4.43. The van der Waals surface area contributed by atoms with Crippen LogP contribution in [0, 0.1) is 12.8 Å². The van der Waals surface area contributed by atoms with Crippen LogP contribution in [0.5, 0.6) is 0 Å². The largest absolute Gasteiger partial charge is 0.417 e. The third-order valence-electron chi connectivity index (χ3n) is 8.30. The Balaban J connectivity index is 1.18. The van der Waals surface area contributed by atoms with Crippen molar-refractivity contribution in [2.45, 2.75) is 88.6 Å². The molecule has 38 heavy (non-hydrogen) atoms. The van der Waals surface area contributed by atoms with Gasteiger partial charge in [-0.1, -0.05) is 0 Å². The lowest BCUT2D eigenvalue weighted by molar-refractivity contribution is -0.287. The summed E-state index contributed by atoms with van der Waals surface area (Å²) in [6.45, 7) is 3.85. The number of halogens is 3. The second-order valence-electron chi connectivity index (χ2n) is 10.8. The van der Waals surface area contributed by atoms with E-state index in [-0.39, 0.29) is 61.6 Å². The molecule has 0 bridgehead atoms. The first-order valence-electron chi connectivity index (χ1n) is 13.2. The molecule has 2 amide bonds. The molecule has 12 heteroatoms. The van der Waals surface area contributed by atoms with Gasteiger partial charge in [0, 0.05) is 36.3 Å². The Labute approximate surface area is 218 Å². The van der Waals surface area contributed by atoms with Gasteiger partial charge in [0.2, 0.25) is 5.91 Å². The Morgan fingerprint density at radius 3 is 2.53 bits per heavy atom. The Kier molecular flexibility index (Phi) is 6.95. The van der Waals surface area contributed by atoms with Gasteiger partial charge in [-0.3, -0.25) is 14.7 Å². The minimum Gasteiger partial charge on any atom is -0.366 e. The zero-order chi connectivity index (χ0) is 27.1. The second kappa shape index (κ2) is 9.94. The number of ether oxygens (including phenoxy) is 1. The van der Waals surface area contributed by atoms with Crippen LogP contribution >= 0.6 is 0 Å². The van der Waals surface area contributed by atoms with Crippen molar-refractivity contribution in [1.82, 2.24) is 30.4 Å². The predicted molar refractivity (Wildman–Crippen MR) is 131 cm³/mol. The molecule has 2 aromatic heterocycles. The standard InChI is InChI=1S/C26H33F3N6O3/c1-3-38-25(26(27,28)29)7-4-18(5-8-25)32-22(36)17-6-11-35(24(14-17)9-10-24)23(37)21-13-20(33-34-21)19-12-16(2)30-15-31-19/h12-13,15,17-18H,3-11,14H2,1-2H3,(H,32,36)(H,33,34)/t17?,18-,25+. The van der Waals surface area contributed by atoms with E-state index in [0.29, 0.717) is 36.5 Å². The van der Waals surface area contributed by atoms with Crippen molar-refractivity contribution < 1.29 is 27.5 Å².